The third-order valence-electron chi connectivity index (χ3n) is 2.26. The maximum absolute atomic E-state index is 10.8. The molecule has 0 atom stereocenters. The molecule has 0 radical (unpaired) electrons. The first-order valence-electron chi connectivity index (χ1n) is 5.04. The van der Waals surface area contributed by atoms with Gasteiger partial charge in [-0.2, -0.15) is 0 Å². The Morgan fingerprint density at radius 2 is 2.35 bits per heavy atom. The number of aromatic nitrogens is 1. The predicted octanol–water partition coefficient (Wildman–Crippen LogP) is 2.97. The Hall–Kier alpha value is -1.95. The summed E-state index contributed by atoms with van der Waals surface area (Å²) in [6.07, 6.45) is 1.71. The molecule has 0 spiro atoms. The molecule has 0 aliphatic rings. The molecule has 0 bridgehead atoms. The fraction of sp³-hybridized carbons (Fsp3) is 0.182. The molecular formula is C11H11N3O2S. The van der Waals surface area contributed by atoms with Crippen LogP contribution < -0.4 is 5.32 Å². The van der Waals surface area contributed by atoms with Crippen molar-refractivity contribution in [2.24, 2.45) is 0 Å². The first-order chi connectivity index (χ1) is 8.16. The number of aryl methyl sites for hydroxylation is 1. The monoisotopic (exact) mass is 249 g/mol. The summed E-state index contributed by atoms with van der Waals surface area (Å²) in [6, 6.07) is 5.01. The van der Waals surface area contributed by atoms with E-state index in [1.165, 1.54) is 17.4 Å². The van der Waals surface area contributed by atoms with Gasteiger partial charge in [0.15, 0.2) is 0 Å². The molecule has 2 aromatic rings. The van der Waals surface area contributed by atoms with Crippen molar-refractivity contribution in [1.29, 1.82) is 0 Å². The van der Waals surface area contributed by atoms with E-state index in [0.29, 0.717) is 12.2 Å². The van der Waals surface area contributed by atoms with Crippen LogP contribution in [-0.4, -0.2) is 9.91 Å². The van der Waals surface area contributed by atoms with Crippen molar-refractivity contribution in [3.05, 3.63) is 50.5 Å². The topological polar surface area (TPSA) is 68.1 Å². The molecule has 6 heteroatoms. The van der Waals surface area contributed by atoms with E-state index in [0.717, 1.165) is 10.6 Å². The van der Waals surface area contributed by atoms with Gasteiger partial charge in [0.1, 0.15) is 10.7 Å². The van der Waals surface area contributed by atoms with E-state index in [9.17, 15) is 10.1 Å². The largest absolute Gasteiger partial charge is 0.373 e. The van der Waals surface area contributed by atoms with Crippen LogP contribution in [0.5, 0.6) is 0 Å². The summed E-state index contributed by atoms with van der Waals surface area (Å²) in [4.78, 5) is 14.6. The van der Waals surface area contributed by atoms with Crippen LogP contribution in [0.15, 0.2) is 29.8 Å². The molecular weight excluding hydrogens is 238 g/mol. The number of rotatable bonds is 4. The quantitative estimate of drug-likeness (QED) is 0.668. The van der Waals surface area contributed by atoms with Crippen LogP contribution in [0.3, 0.4) is 0 Å². The highest BCUT2D eigenvalue weighted by Crippen LogP contribution is 2.25. The van der Waals surface area contributed by atoms with Gasteiger partial charge in [0.25, 0.3) is 5.69 Å². The van der Waals surface area contributed by atoms with Crippen LogP contribution in [0.4, 0.5) is 11.4 Å². The smallest absolute Gasteiger partial charge is 0.292 e. The number of nitro benzene ring substituents is 1. The van der Waals surface area contributed by atoms with E-state index >= 15 is 0 Å². The standard InChI is InChI=1S/C11H11N3O2S/c1-8-2-3-10(14(15)16)9(6-8)13-7-11-12-4-5-17-11/h2-6,13H,7H2,1H3. The Balaban J connectivity index is 2.19. The van der Waals surface area contributed by atoms with Crippen molar-refractivity contribution in [3.8, 4) is 0 Å². The van der Waals surface area contributed by atoms with E-state index < -0.39 is 0 Å². The molecule has 17 heavy (non-hydrogen) atoms. The molecule has 0 saturated carbocycles. The second-order valence-electron chi connectivity index (χ2n) is 3.56. The molecule has 5 nitrogen and oxygen atoms in total. The van der Waals surface area contributed by atoms with Crippen molar-refractivity contribution >= 4 is 22.7 Å². The third kappa shape index (κ3) is 2.79. The molecule has 0 unspecified atom stereocenters. The lowest BCUT2D eigenvalue weighted by Gasteiger charge is -2.06. The number of anilines is 1. The van der Waals surface area contributed by atoms with E-state index in [4.69, 9.17) is 0 Å². The highest BCUT2D eigenvalue weighted by Gasteiger charge is 2.13. The molecule has 2 rings (SSSR count). The zero-order valence-corrected chi connectivity index (χ0v) is 10.0. The van der Waals surface area contributed by atoms with Gasteiger partial charge in [-0.3, -0.25) is 10.1 Å². The molecule has 0 amide bonds. The van der Waals surface area contributed by atoms with E-state index in [1.807, 2.05) is 12.3 Å². The van der Waals surface area contributed by atoms with Gasteiger partial charge in [-0.05, 0) is 18.6 Å². The predicted molar refractivity (Wildman–Crippen MR) is 67.3 cm³/mol. The van der Waals surface area contributed by atoms with Crippen molar-refractivity contribution in [1.82, 2.24) is 4.98 Å². The second kappa shape index (κ2) is 4.92. The van der Waals surface area contributed by atoms with Gasteiger partial charge >= 0.3 is 0 Å². The molecule has 0 aliphatic heterocycles. The zero-order chi connectivity index (χ0) is 12.3. The lowest BCUT2D eigenvalue weighted by atomic mass is 10.2. The summed E-state index contributed by atoms with van der Waals surface area (Å²) in [5, 5.41) is 16.7. The highest BCUT2D eigenvalue weighted by atomic mass is 32.1. The molecule has 1 N–H and O–H groups in total. The summed E-state index contributed by atoms with van der Waals surface area (Å²) >= 11 is 1.52. The van der Waals surface area contributed by atoms with Crippen LogP contribution in [0.1, 0.15) is 10.6 Å². The number of nitrogens with one attached hydrogen (secondary N) is 1. The Morgan fingerprint density at radius 1 is 1.53 bits per heavy atom. The Morgan fingerprint density at radius 3 is 3.00 bits per heavy atom. The van der Waals surface area contributed by atoms with Gasteiger partial charge < -0.3 is 5.32 Å². The summed E-state index contributed by atoms with van der Waals surface area (Å²) in [5.41, 5.74) is 1.61. The van der Waals surface area contributed by atoms with Gasteiger partial charge in [-0.1, -0.05) is 6.07 Å². The lowest BCUT2D eigenvalue weighted by molar-refractivity contribution is -0.384. The molecule has 0 saturated heterocycles. The van der Waals surface area contributed by atoms with Gasteiger partial charge in [-0.25, -0.2) is 4.98 Å². The number of hydrogen-bond donors (Lipinski definition) is 1. The normalized spacial score (nSPS) is 10.2. The van der Waals surface area contributed by atoms with Crippen molar-refractivity contribution in [2.75, 3.05) is 5.32 Å². The number of hydrogen-bond acceptors (Lipinski definition) is 5. The minimum absolute atomic E-state index is 0.0900. The van der Waals surface area contributed by atoms with Crippen LogP contribution in [0, 0.1) is 17.0 Å². The lowest BCUT2D eigenvalue weighted by Crippen LogP contribution is -2.02. The summed E-state index contributed by atoms with van der Waals surface area (Å²) in [6.45, 7) is 2.40. The first-order valence-corrected chi connectivity index (χ1v) is 5.92. The molecule has 0 fully saturated rings. The Bertz CT molecular complexity index is 526. The van der Waals surface area contributed by atoms with E-state index in [2.05, 4.69) is 10.3 Å². The molecule has 0 aliphatic carbocycles. The van der Waals surface area contributed by atoms with Crippen molar-refractivity contribution in [3.63, 3.8) is 0 Å². The van der Waals surface area contributed by atoms with Gasteiger partial charge in [0.2, 0.25) is 0 Å². The molecule has 1 aromatic heterocycles. The third-order valence-corrected chi connectivity index (χ3v) is 3.04. The van der Waals surface area contributed by atoms with Crippen molar-refractivity contribution < 1.29 is 4.92 Å². The SMILES string of the molecule is Cc1ccc([N+](=O)[O-])c(NCc2nccs2)c1. The molecule has 1 aromatic carbocycles. The average Bonchev–Trinajstić information content (AvgIpc) is 2.78. The second-order valence-corrected chi connectivity index (χ2v) is 4.54. The Kier molecular flexibility index (Phi) is 3.34. The van der Waals surface area contributed by atoms with E-state index in [-0.39, 0.29) is 10.6 Å². The summed E-state index contributed by atoms with van der Waals surface area (Å²) in [7, 11) is 0. The number of nitrogens with zero attached hydrogens (tertiary/aromatic N) is 2. The first kappa shape index (κ1) is 11.5. The minimum atomic E-state index is -0.385. The number of thiazole rings is 1. The maximum Gasteiger partial charge on any atom is 0.292 e. The summed E-state index contributed by atoms with van der Waals surface area (Å²) in [5.74, 6) is 0. The maximum atomic E-state index is 10.8. The van der Waals surface area contributed by atoms with Gasteiger partial charge in [-0.15, -0.1) is 11.3 Å². The van der Waals surface area contributed by atoms with Crippen LogP contribution in [0.25, 0.3) is 0 Å². The van der Waals surface area contributed by atoms with Crippen LogP contribution >= 0.6 is 11.3 Å². The fourth-order valence-electron chi connectivity index (χ4n) is 1.46. The zero-order valence-electron chi connectivity index (χ0n) is 9.21. The average molecular weight is 249 g/mol. The van der Waals surface area contributed by atoms with Gasteiger partial charge in [0.05, 0.1) is 11.5 Å². The Labute approximate surface area is 102 Å². The van der Waals surface area contributed by atoms with E-state index in [1.54, 1.807) is 18.3 Å². The van der Waals surface area contributed by atoms with Crippen molar-refractivity contribution in [2.45, 2.75) is 13.5 Å². The number of nitro groups is 1. The van der Waals surface area contributed by atoms with Gasteiger partial charge in [0, 0.05) is 17.6 Å². The number of benzene rings is 1. The van der Waals surface area contributed by atoms with Crippen LogP contribution in [-0.2, 0) is 6.54 Å². The van der Waals surface area contributed by atoms with Crippen LogP contribution in [0.2, 0.25) is 0 Å². The minimum Gasteiger partial charge on any atom is -0.373 e. The molecule has 88 valence electrons. The molecule has 1 heterocycles. The summed E-state index contributed by atoms with van der Waals surface area (Å²) < 4.78 is 0. The fourth-order valence-corrected chi connectivity index (χ4v) is 2.02. The highest BCUT2D eigenvalue weighted by molar-refractivity contribution is 7.09.